The minimum absolute atomic E-state index is 0.199. The van der Waals surface area contributed by atoms with Gasteiger partial charge in [-0.15, -0.1) is 0 Å². The predicted octanol–water partition coefficient (Wildman–Crippen LogP) is 2.46. The van der Waals surface area contributed by atoms with Crippen LogP contribution in [0.4, 0.5) is 0 Å². The van der Waals surface area contributed by atoms with Crippen molar-refractivity contribution in [1.29, 1.82) is 0 Å². The Balaban J connectivity index is 2.55. The molecule has 0 saturated carbocycles. The van der Waals surface area contributed by atoms with Crippen LogP contribution in [0, 0.1) is 5.41 Å². The monoisotopic (exact) mass is 180 g/mol. The van der Waals surface area contributed by atoms with Gasteiger partial charge in [0.1, 0.15) is 6.61 Å². The van der Waals surface area contributed by atoms with E-state index in [0.717, 1.165) is 12.0 Å². The van der Waals surface area contributed by atoms with E-state index in [1.807, 2.05) is 6.08 Å². The lowest BCUT2D eigenvalue weighted by molar-refractivity contribution is -0.139. The van der Waals surface area contributed by atoms with Crippen LogP contribution in [-0.4, -0.2) is 12.6 Å². The average molecular weight is 180 g/mol. The van der Waals surface area contributed by atoms with Crippen molar-refractivity contribution in [3.8, 4) is 0 Å². The predicted molar refractivity (Wildman–Crippen MR) is 52.3 cm³/mol. The van der Waals surface area contributed by atoms with Gasteiger partial charge in [-0.25, -0.2) is 0 Å². The first-order valence-corrected chi connectivity index (χ1v) is 4.51. The third kappa shape index (κ3) is 3.45. The van der Waals surface area contributed by atoms with Gasteiger partial charge in [-0.3, -0.25) is 4.79 Å². The average Bonchev–Trinajstić information content (AvgIpc) is 1.99. The molecule has 1 rings (SSSR count). The molecule has 0 fully saturated rings. The van der Waals surface area contributed by atoms with Crippen LogP contribution in [0.3, 0.4) is 0 Å². The maximum Gasteiger partial charge on any atom is 0.302 e. The normalized spacial score (nSPS) is 19.5. The van der Waals surface area contributed by atoms with Gasteiger partial charge in [-0.2, -0.15) is 0 Å². The summed E-state index contributed by atoms with van der Waals surface area (Å²) in [7, 11) is 0. The SMILES string of the molecule is CC(=O)OCC1=CC(C)(C)CC=C1. The van der Waals surface area contributed by atoms with Crippen molar-refractivity contribution < 1.29 is 9.53 Å². The van der Waals surface area contributed by atoms with E-state index in [1.165, 1.54) is 6.92 Å². The zero-order chi connectivity index (χ0) is 9.90. The van der Waals surface area contributed by atoms with Crippen molar-refractivity contribution in [2.24, 2.45) is 5.41 Å². The molecule has 1 aliphatic rings. The number of hydrogen-bond acceptors (Lipinski definition) is 2. The molecule has 0 radical (unpaired) electrons. The maximum atomic E-state index is 10.6. The summed E-state index contributed by atoms with van der Waals surface area (Å²) in [5.74, 6) is -0.224. The van der Waals surface area contributed by atoms with Gasteiger partial charge in [0.2, 0.25) is 0 Å². The fourth-order valence-electron chi connectivity index (χ4n) is 1.40. The molecule has 0 aromatic carbocycles. The summed E-state index contributed by atoms with van der Waals surface area (Å²) in [6.07, 6.45) is 7.36. The lowest BCUT2D eigenvalue weighted by Crippen LogP contribution is -2.12. The lowest BCUT2D eigenvalue weighted by atomic mass is 9.84. The van der Waals surface area contributed by atoms with Gasteiger partial charge in [-0.1, -0.05) is 32.1 Å². The van der Waals surface area contributed by atoms with Crippen LogP contribution >= 0.6 is 0 Å². The summed E-state index contributed by atoms with van der Waals surface area (Å²) in [6, 6.07) is 0. The molecule has 0 amide bonds. The van der Waals surface area contributed by atoms with Crippen LogP contribution in [-0.2, 0) is 9.53 Å². The largest absolute Gasteiger partial charge is 0.461 e. The molecule has 0 spiro atoms. The Morgan fingerprint density at radius 1 is 1.62 bits per heavy atom. The molecule has 2 nitrogen and oxygen atoms in total. The van der Waals surface area contributed by atoms with Crippen LogP contribution in [0.1, 0.15) is 27.2 Å². The molecule has 1 aliphatic carbocycles. The lowest BCUT2D eigenvalue weighted by Gasteiger charge is -2.23. The first kappa shape index (κ1) is 10.0. The van der Waals surface area contributed by atoms with Crippen molar-refractivity contribution in [1.82, 2.24) is 0 Å². The second kappa shape index (κ2) is 3.77. The highest BCUT2D eigenvalue weighted by molar-refractivity contribution is 5.66. The molecule has 0 aromatic heterocycles. The van der Waals surface area contributed by atoms with E-state index in [2.05, 4.69) is 26.0 Å². The molecule has 0 atom stereocenters. The van der Waals surface area contributed by atoms with Crippen molar-refractivity contribution in [2.75, 3.05) is 6.61 Å². The number of hydrogen-bond donors (Lipinski definition) is 0. The number of carbonyl (C=O) groups is 1. The Kier molecular flexibility index (Phi) is 2.91. The van der Waals surface area contributed by atoms with Crippen molar-refractivity contribution in [2.45, 2.75) is 27.2 Å². The van der Waals surface area contributed by atoms with Gasteiger partial charge in [0.15, 0.2) is 0 Å². The summed E-state index contributed by atoms with van der Waals surface area (Å²) in [5, 5.41) is 0. The van der Waals surface area contributed by atoms with Crippen molar-refractivity contribution >= 4 is 5.97 Å². The second-order valence-electron chi connectivity index (χ2n) is 4.09. The number of rotatable bonds is 2. The zero-order valence-electron chi connectivity index (χ0n) is 8.46. The zero-order valence-corrected chi connectivity index (χ0v) is 8.46. The minimum Gasteiger partial charge on any atom is -0.461 e. The van der Waals surface area contributed by atoms with Crippen molar-refractivity contribution in [3.05, 3.63) is 23.8 Å². The van der Waals surface area contributed by atoms with E-state index in [0.29, 0.717) is 6.61 Å². The Morgan fingerprint density at radius 3 is 2.85 bits per heavy atom. The van der Waals surface area contributed by atoms with Gasteiger partial charge in [0, 0.05) is 6.92 Å². The van der Waals surface area contributed by atoms with Crippen LogP contribution in [0.5, 0.6) is 0 Å². The summed E-state index contributed by atoms with van der Waals surface area (Å²) in [4.78, 5) is 10.6. The number of allylic oxidation sites excluding steroid dienone is 2. The third-order valence-corrected chi connectivity index (χ3v) is 1.99. The van der Waals surface area contributed by atoms with E-state index >= 15 is 0 Å². The van der Waals surface area contributed by atoms with Gasteiger partial charge in [-0.05, 0) is 17.4 Å². The summed E-state index contributed by atoms with van der Waals surface area (Å²) >= 11 is 0. The third-order valence-electron chi connectivity index (χ3n) is 1.99. The molecule has 2 heteroatoms. The van der Waals surface area contributed by atoms with Gasteiger partial charge in [0.25, 0.3) is 0 Å². The molecule has 0 aromatic rings. The molecule has 0 heterocycles. The molecule has 0 unspecified atom stereocenters. The Hall–Kier alpha value is -1.05. The summed E-state index contributed by atoms with van der Waals surface area (Å²) in [5.41, 5.74) is 1.29. The highest BCUT2D eigenvalue weighted by Gasteiger charge is 2.16. The molecule has 72 valence electrons. The minimum atomic E-state index is -0.224. The van der Waals surface area contributed by atoms with Gasteiger partial charge in [0.05, 0.1) is 0 Å². The van der Waals surface area contributed by atoms with E-state index in [-0.39, 0.29) is 11.4 Å². The topological polar surface area (TPSA) is 26.3 Å². The molecule has 0 bridgehead atoms. The smallest absolute Gasteiger partial charge is 0.302 e. The fraction of sp³-hybridized carbons (Fsp3) is 0.545. The Labute approximate surface area is 79.3 Å². The molecule has 0 saturated heterocycles. The van der Waals surface area contributed by atoms with Gasteiger partial charge >= 0.3 is 5.97 Å². The quantitative estimate of drug-likeness (QED) is 0.610. The fourth-order valence-corrected chi connectivity index (χ4v) is 1.40. The highest BCUT2D eigenvalue weighted by atomic mass is 16.5. The second-order valence-corrected chi connectivity index (χ2v) is 4.09. The molecule has 0 aliphatic heterocycles. The van der Waals surface area contributed by atoms with E-state index in [4.69, 9.17) is 4.74 Å². The number of esters is 1. The van der Waals surface area contributed by atoms with Gasteiger partial charge < -0.3 is 4.74 Å². The molecule has 13 heavy (non-hydrogen) atoms. The Bertz CT molecular complexity index is 259. The molecular formula is C11H16O2. The van der Waals surface area contributed by atoms with Crippen LogP contribution in [0.2, 0.25) is 0 Å². The van der Waals surface area contributed by atoms with Crippen LogP contribution in [0.15, 0.2) is 23.8 Å². The Morgan fingerprint density at radius 2 is 2.31 bits per heavy atom. The highest BCUT2D eigenvalue weighted by Crippen LogP contribution is 2.28. The standard InChI is InChI=1S/C11H16O2/c1-9(12)13-8-10-5-4-6-11(2,3)7-10/h4-5,7H,6,8H2,1-3H3. The molecular weight excluding hydrogens is 164 g/mol. The first-order valence-electron chi connectivity index (χ1n) is 4.51. The summed E-state index contributed by atoms with van der Waals surface area (Å²) in [6.45, 7) is 6.17. The maximum absolute atomic E-state index is 10.6. The van der Waals surface area contributed by atoms with E-state index in [1.54, 1.807) is 0 Å². The van der Waals surface area contributed by atoms with Crippen LogP contribution in [0.25, 0.3) is 0 Å². The number of carbonyl (C=O) groups excluding carboxylic acids is 1. The number of ether oxygens (including phenoxy) is 1. The first-order chi connectivity index (χ1) is 5.99. The van der Waals surface area contributed by atoms with E-state index in [9.17, 15) is 4.79 Å². The van der Waals surface area contributed by atoms with E-state index < -0.39 is 0 Å². The molecule has 0 N–H and O–H groups in total. The van der Waals surface area contributed by atoms with Crippen LogP contribution < -0.4 is 0 Å². The summed E-state index contributed by atoms with van der Waals surface area (Å²) < 4.78 is 4.92. The van der Waals surface area contributed by atoms with Crippen molar-refractivity contribution in [3.63, 3.8) is 0 Å².